The molecule has 0 aromatic carbocycles. The van der Waals surface area contributed by atoms with Crippen LogP contribution in [0.1, 0.15) is 181 Å². The van der Waals surface area contributed by atoms with E-state index in [1.54, 1.807) is 0 Å². The summed E-state index contributed by atoms with van der Waals surface area (Å²) in [4.78, 5) is 13.0. The zero-order valence-corrected chi connectivity index (χ0v) is 32.5. The van der Waals surface area contributed by atoms with Crippen LogP contribution in [-0.2, 0) is 14.3 Å². The fourth-order valence-corrected chi connectivity index (χ4v) is 6.69. The molecule has 8 atom stereocenters. The van der Waals surface area contributed by atoms with Gasteiger partial charge in [0.1, 0.15) is 30.5 Å². The molecule has 0 aromatic rings. The molecule has 1 saturated heterocycles. The van der Waals surface area contributed by atoms with Gasteiger partial charge in [0.05, 0.1) is 25.4 Å². The molecular formula is C41H79NO9. The van der Waals surface area contributed by atoms with Gasteiger partial charge in [0.15, 0.2) is 6.29 Å². The average molecular weight is 730 g/mol. The summed E-state index contributed by atoms with van der Waals surface area (Å²) in [6.07, 6.45) is 24.0. The first-order chi connectivity index (χ1) is 24.8. The highest BCUT2D eigenvalue weighted by Gasteiger charge is 2.44. The van der Waals surface area contributed by atoms with Crippen LogP contribution < -0.4 is 5.32 Å². The molecule has 0 bridgehead atoms. The fraction of sp³-hybridized carbons (Fsp3) is 0.927. The zero-order valence-electron chi connectivity index (χ0n) is 32.5. The summed E-state index contributed by atoms with van der Waals surface area (Å²) in [6, 6.07) is -0.893. The summed E-state index contributed by atoms with van der Waals surface area (Å²) < 4.78 is 11.1. The van der Waals surface area contributed by atoms with Crippen LogP contribution in [0.15, 0.2) is 12.2 Å². The van der Waals surface area contributed by atoms with Crippen LogP contribution in [0.25, 0.3) is 0 Å². The van der Waals surface area contributed by atoms with Gasteiger partial charge in [0.25, 0.3) is 0 Å². The molecule has 8 unspecified atom stereocenters. The Hall–Kier alpha value is -1.11. The molecule has 0 spiro atoms. The molecule has 10 heteroatoms. The second-order valence-electron chi connectivity index (χ2n) is 14.9. The van der Waals surface area contributed by atoms with Crippen LogP contribution in [-0.4, -0.2) is 98.7 Å². The fourth-order valence-electron chi connectivity index (χ4n) is 6.69. The number of ether oxygens (including phenoxy) is 2. The lowest BCUT2D eigenvalue weighted by molar-refractivity contribution is -0.302. The van der Waals surface area contributed by atoms with Gasteiger partial charge in [-0.1, -0.05) is 154 Å². The third-order valence-electron chi connectivity index (χ3n) is 10.2. The van der Waals surface area contributed by atoms with Gasteiger partial charge in [-0.05, 0) is 38.5 Å². The van der Waals surface area contributed by atoms with E-state index in [2.05, 4.69) is 31.3 Å². The molecule has 302 valence electrons. The molecule has 1 rings (SSSR count). The molecule has 1 amide bonds. The van der Waals surface area contributed by atoms with Crippen molar-refractivity contribution in [1.29, 1.82) is 0 Å². The number of carbonyl (C=O) groups is 1. The van der Waals surface area contributed by atoms with E-state index in [4.69, 9.17) is 9.47 Å². The Labute approximate surface area is 310 Å². The lowest BCUT2D eigenvalue weighted by Crippen LogP contribution is -2.60. The molecule has 0 aliphatic carbocycles. The van der Waals surface area contributed by atoms with Gasteiger partial charge >= 0.3 is 0 Å². The van der Waals surface area contributed by atoms with E-state index in [-0.39, 0.29) is 6.61 Å². The maximum Gasteiger partial charge on any atom is 0.249 e. The first kappa shape index (κ1) is 47.9. The van der Waals surface area contributed by atoms with Gasteiger partial charge in [-0.15, -0.1) is 0 Å². The van der Waals surface area contributed by atoms with Crippen LogP contribution in [0.5, 0.6) is 0 Å². The molecule has 0 radical (unpaired) electrons. The van der Waals surface area contributed by atoms with Gasteiger partial charge in [-0.3, -0.25) is 4.79 Å². The molecule has 1 fully saturated rings. The smallest absolute Gasteiger partial charge is 0.249 e. The van der Waals surface area contributed by atoms with Crippen LogP contribution >= 0.6 is 0 Å². The largest absolute Gasteiger partial charge is 0.394 e. The van der Waals surface area contributed by atoms with E-state index in [1.807, 2.05) is 0 Å². The molecule has 51 heavy (non-hydrogen) atoms. The van der Waals surface area contributed by atoms with E-state index in [0.717, 1.165) is 57.8 Å². The Balaban J connectivity index is 2.44. The lowest BCUT2D eigenvalue weighted by atomic mass is 9.99. The van der Waals surface area contributed by atoms with E-state index in [0.29, 0.717) is 19.3 Å². The minimum Gasteiger partial charge on any atom is -0.394 e. The number of hydrogen-bond donors (Lipinski definition) is 7. The van der Waals surface area contributed by atoms with Crippen molar-refractivity contribution in [1.82, 2.24) is 5.32 Å². The molecule has 1 aliphatic heterocycles. The highest BCUT2D eigenvalue weighted by molar-refractivity contribution is 5.80. The quantitative estimate of drug-likeness (QED) is 0.0280. The van der Waals surface area contributed by atoms with E-state index < -0.39 is 61.5 Å². The number of unbranched alkanes of at least 4 members (excludes halogenated alkanes) is 21. The number of aliphatic hydroxyl groups is 6. The monoisotopic (exact) mass is 730 g/mol. The number of rotatable bonds is 34. The number of carbonyl (C=O) groups excluding carboxylic acids is 1. The van der Waals surface area contributed by atoms with Gasteiger partial charge < -0.3 is 45.4 Å². The maximum atomic E-state index is 13.0. The Bertz CT molecular complexity index is 829. The SMILES string of the molecule is CCCCCCCCC/C=C\CCCCCCC(O)C(=O)NC(COC1OC(CO)C(O)C(O)C1O)C(O)CCCCCCCCCCCCC. The predicted molar refractivity (Wildman–Crippen MR) is 204 cm³/mol. The molecule has 10 nitrogen and oxygen atoms in total. The number of amides is 1. The topological polar surface area (TPSA) is 169 Å². The Morgan fingerprint density at radius 2 is 1.10 bits per heavy atom. The Morgan fingerprint density at radius 3 is 1.59 bits per heavy atom. The van der Waals surface area contributed by atoms with Crippen molar-refractivity contribution in [2.24, 2.45) is 0 Å². The van der Waals surface area contributed by atoms with Crippen LogP contribution in [0.2, 0.25) is 0 Å². The second-order valence-corrected chi connectivity index (χ2v) is 14.9. The third-order valence-corrected chi connectivity index (χ3v) is 10.2. The van der Waals surface area contributed by atoms with Crippen molar-refractivity contribution in [2.45, 2.75) is 230 Å². The van der Waals surface area contributed by atoms with Crippen molar-refractivity contribution in [2.75, 3.05) is 13.2 Å². The highest BCUT2D eigenvalue weighted by atomic mass is 16.7. The first-order valence-corrected chi connectivity index (χ1v) is 21.0. The van der Waals surface area contributed by atoms with Gasteiger partial charge in [-0.25, -0.2) is 0 Å². The van der Waals surface area contributed by atoms with Gasteiger partial charge in [0, 0.05) is 0 Å². The maximum absolute atomic E-state index is 13.0. The third kappa shape index (κ3) is 23.3. The Kier molecular flexibility index (Phi) is 30.4. The van der Waals surface area contributed by atoms with Crippen molar-refractivity contribution in [3.63, 3.8) is 0 Å². The van der Waals surface area contributed by atoms with Gasteiger partial charge in [0.2, 0.25) is 5.91 Å². The molecule has 1 heterocycles. The second kappa shape index (κ2) is 32.3. The number of hydrogen-bond acceptors (Lipinski definition) is 9. The van der Waals surface area contributed by atoms with E-state index in [1.165, 1.54) is 89.9 Å². The summed E-state index contributed by atoms with van der Waals surface area (Å²) in [6.45, 7) is 3.63. The molecule has 7 N–H and O–H groups in total. The van der Waals surface area contributed by atoms with Crippen molar-refractivity contribution in [3.8, 4) is 0 Å². The molecule has 0 saturated carbocycles. The number of aliphatic hydroxyl groups excluding tert-OH is 6. The van der Waals surface area contributed by atoms with E-state index in [9.17, 15) is 35.4 Å². The summed E-state index contributed by atoms with van der Waals surface area (Å²) >= 11 is 0. The van der Waals surface area contributed by atoms with Gasteiger partial charge in [-0.2, -0.15) is 0 Å². The van der Waals surface area contributed by atoms with Crippen LogP contribution in [0.3, 0.4) is 0 Å². The van der Waals surface area contributed by atoms with Crippen molar-refractivity contribution >= 4 is 5.91 Å². The van der Waals surface area contributed by atoms with Crippen LogP contribution in [0, 0.1) is 0 Å². The summed E-state index contributed by atoms with van der Waals surface area (Å²) in [5, 5.41) is 64.5. The normalized spacial score (nSPS) is 22.7. The highest BCUT2D eigenvalue weighted by Crippen LogP contribution is 2.23. The minimum atomic E-state index is -1.59. The standard InChI is InChI=1S/C41H79NO9/c1-3-5-7-9-11-13-15-16-17-18-20-22-24-26-28-30-35(45)40(49)42-33(32-50-41-39(48)38(47)37(46)36(31-43)51-41)34(44)29-27-25-23-21-19-14-12-10-8-6-4-2/h17-18,33-39,41,43-48H,3-16,19-32H2,1-2H3,(H,42,49)/b18-17-. The Morgan fingerprint density at radius 1 is 0.647 bits per heavy atom. The lowest BCUT2D eigenvalue weighted by Gasteiger charge is -2.40. The molecule has 1 aliphatic rings. The zero-order chi connectivity index (χ0) is 37.5. The first-order valence-electron chi connectivity index (χ1n) is 21.0. The number of allylic oxidation sites excluding steroid dienone is 2. The van der Waals surface area contributed by atoms with Crippen LogP contribution in [0.4, 0.5) is 0 Å². The minimum absolute atomic E-state index is 0.257. The van der Waals surface area contributed by atoms with Crippen molar-refractivity contribution in [3.05, 3.63) is 12.2 Å². The van der Waals surface area contributed by atoms with E-state index >= 15 is 0 Å². The summed E-state index contributed by atoms with van der Waals surface area (Å²) in [5.74, 6) is -0.594. The average Bonchev–Trinajstić information content (AvgIpc) is 3.13. The molecular weight excluding hydrogens is 650 g/mol. The molecule has 0 aromatic heterocycles. The summed E-state index contributed by atoms with van der Waals surface area (Å²) in [7, 11) is 0. The predicted octanol–water partition coefficient (Wildman–Crippen LogP) is 6.75. The number of nitrogens with one attached hydrogen (secondary N) is 1. The van der Waals surface area contributed by atoms with Crippen molar-refractivity contribution < 1.29 is 44.9 Å². The summed E-state index contributed by atoms with van der Waals surface area (Å²) in [5.41, 5.74) is 0.